The molecule has 3 rings (SSSR count). The first-order valence-corrected chi connectivity index (χ1v) is 8.62. The van der Waals surface area contributed by atoms with Gasteiger partial charge in [0.05, 0.1) is 24.1 Å². The second-order valence-corrected chi connectivity index (χ2v) is 6.48. The first-order chi connectivity index (χ1) is 11.7. The van der Waals surface area contributed by atoms with Crippen LogP contribution in [0.25, 0.3) is 5.69 Å². The van der Waals surface area contributed by atoms with Crippen LogP contribution in [0.2, 0.25) is 0 Å². The Morgan fingerprint density at radius 3 is 2.88 bits per heavy atom. The topological polar surface area (TPSA) is 39.5 Å². The normalized spacial score (nSPS) is 18.9. The Bertz CT molecular complexity index is 668. The highest BCUT2D eigenvalue weighted by Crippen LogP contribution is 2.20. The van der Waals surface area contributed by atoms with Crippen LogP contribution in [0.4, 0.5) is 0 Å². The second kappa shape index (κ2) is 7.92. The van der Waals surface area contributed by atoms with E-state index in [1.807, 2.05) is 11.6 Å². The highest BCUT2D eigenvalue weighted by molar-refractivity contribution is 5.41. The van der Waals surface area contributed by atoms with Crippen molar-refractivity contribution in [3.05, 3.63) is 47.3 Å². The molecule has 5 nitrogen and oxygen atoms in total. The standard InChI is InChI=1S/C19H27N3O2/c1-15-12-16(2)22(20-15)19-7-5-4-6-17(19)13-21-9-11-24-18(14-21)8-10-23-3/h4-7,12,18H,8-11,13-14H2,1-3H3. The van der Waals surface area contributed by atoms with Gasteiger partial charge in [-0.2, -0.15) is 5.10 Å². The van der Waals surface area contributed by atoms with Crippen LogP contribution in [0.5, 0.6) is 0 Å². The van der Waals surface area contributed by atoms with Crippen molar-refractivity contribution in [1.29, 1.82) is 0 Å². The third-order valence-corrected chi connectivity index (χ3v) is 4.49. The van der Waals surface area contributed by atoms with Crippen molar-refractivity contribution in [1.82, 2.24) is 14.7 Å². The molecule has 0 aliphatic carbocycles. The van der Waals surface area contributed by atoms with Crippen molar-refractivity contribution in [3.63, 3.8) is 0 Å². The Kier molecular flexibility index (Phi) is 5.66. The summed E-state index contributed by atoms with van der Waals surface area (Å²) < 4.78 is 13.1. The lowest BCUT2D eigenvalue weighted by molar-refractivity contribution is -0.0432. The van der Waals surface area contributed by atoms with Gasteiger partial charge in [0.2, 0.25) is 0 Å². The zero-order chi connectivity index (χ0) is 16.9. The van der Waals surface area contributed by atoms with E-state index in [0.717, 1.165) is 45.0 Å². The number of aryl methyl sites for hydroxylation is 2. The maximum atomic E-state index is 5.85. The molecule has 1 aromatic heterocycles. The highest BCUT2D eigenvalue weighted by Gasteiger charge is 2.21. The average Bonchev–Trinajstić information content (AvgIpc) is 2.92. The van der Waals surface area contributed by atoms with Crippen molar-refractivity contribution < 1.29 is 9.47 Å². The molecule has 1 aromatic carbocycles. The second-order valence-electron chi connectivity index (χ2n) is 6.48. The average molecular weight is 329 g/mol. The van der Waals surface area contributed by atoms with Crippen LogP contribution in [0.3, 0.4) is 0 Å². The number of benzene rings is 1. The Balaban J connectivity index is 1.75. The third kappa shape index (κ3) is 4.04. The van der Waals surface area contributed by atoms with Gasteiger partial charge in [0.25, 0.3) is 0 Å². The van der Waals surface area contributed by atoms with E-state index in [1.165, 1.54) is 16.9 Å². The van der Waals surface area contributed by atoms with Gasteiger partial charge in [0.15, 0.2) is 0 Å². The molecule has 1 fully saturated rings. The van der Waals surface area contributed by atoms with E-state index < -0.39 is 0 Å². The minimum Gasteiger partial charge on any atom is -0.385 e. The molecule has 5 heteroatoms. The van der Waals surface area contributed by atoms with Crippen molar-refractivity contribution in [3.8, 4) is 5.69 Å². The number of methoxy groups -OCH3 is 1. The lowest BCUT2D eigenvalue weighted by Gasteiger charge is -2.33. The van der Waals surface area contributed by atoms with Gasteiger partial charge in [-0.25, -0.2) is 4.68 Å². The van der Waals surface area contributed by atoms with E-state index in [9.17, 15) is 0 Å². The van der Waals surface area contributed by atoms with Crippen LogP contribution in [0, 0.1) is 13.8 Å². The fraction of sp³-hybridized carbons (Fsp3) is 0.526. The van der Waals surface area contributed by atoms with E-state index in [0.29, 0.717) is 0 Å². The van der Waals surface area contributed by atoms with Gasteiger partial charge < -0.3 is 9.47 Å². The van der Waals surface area contributed by atoms with E-state index in [4.69, 9.17) is 9.47 Å². The van der Waals surface area contributed by atoms with Crippen LogP contribution in [0.1, 0.15) is 23.4 Å². The van der Waals surface area contributed by atoms with Crippen LogP contribution < -0.4 is 0 Å². The lowest BCUT2D eigenvalue weighted by atomic mass is 10.1. The number of para-hydroxylation sites is 1. The maximum Gasteiger partial charge on any atom is 0.0724 e. The van der Waals surface area contributed by atoms with Crippen molar-refractivity contribution in [2.45, 2.75) is 32.9 Å². The summed E-state index contributed by atoms with van der Waals surface area (Å²) in [6, 6.07) is 10.7. The summed E-state index contributed by atoms with van der Waals surface area (Å²) in [6.07, 6.45) is 1.21. The summed E-state index contributed by atoms with van der Waals surface area (Å²) in [6.45, 7) is 8.52. The molecule has 1 unspecified atom stereocenters. The molecule has 24 heavy (non-hydrogen) atoms. The zero-order valence-electron chi connectivity index (χ0n) is 14.9. The van der Waals surface area contributed by atoms with Crippen LogP contribution in [-0.2, 0) is 16.0 Å². The van der Waals surface area contributed by atoms with Gasteiger partial charge in [-0.1, -0.05) is 18.2 Å². The molecule has 0 radical (unpaired) electrons. The Labute approximate surface area is 144 Å². The summed E-state index contributed by atoms with van der Waals surface area (Å²) >= 11 is 0. The Morgan fingerprint density at radius 2 is 2.12 bits per heavy atom. The minimum absolute atomic E-state index is 0.263. The molecule has 0 bridgehead atoms. The summed E-state index contributed by atoms with van der Waals surface area (Å²) in [5.41, 5.74) is 4.69. The summed E-state index contributed by atoms with van der Waals surface area (Å²) in [5, 5.41) is 4.65. The molecule has 0 amide bonds. The molecule has 2 heterocycles. The monoisotopic (exact) mass is 329 g/mol. The number of hydrogen-bond acceptors (Lipinski definition) is 4. The number of nitrogens with zero attached hydrogens (tertiary/aromatic N) is 3. The molecule has 1 aliphatic heterocycles. The van der Waals surface area contributed by atoms with Gasteiger partial charge >= 0.3 is 0 Å². The first kappa shape index (κ1) is 17.1. The van der Waals surface area contributed by atoms with Gasteiger partial charge in [0, 0.05) is 39.0 Å². The van der Waals surface area contributed by atoms with Gasteiger partial charge in [-0.05, 0) is 38.0 Å². The fourth-order valence-corrected chi connectivity index (χ4v) is 3.31. The summed E-state index contributed by atoms with van der Waals surface area (Å²) in [4.78, 5) is 2.47. The van der Waals surface area contributed by atoms with Crippen LogP contribution >= 0.6 is 0 Å². The Hall–Kier alpha value is -1.69. The summed E-state index contributed by atoms with van der Waals surface area (Å²) in [5.74, 6) is 0. The SMILES string of the molecule is COCCC1CN(Cc2ccccc2-n2nc(C)cc2C)CCO1. The quantitative estimate of drug-likeness (QED) is 0.817. The minimum atomic E-state index is 0.263. The van der Waals surface area contributed by atoms with E-state index in [1.54, 1.807) is 7.11 Å². The summed E-state index contributed by atoms with van der Waals surface area (Å²) in [7, 11) is 1.74. The first-order valence-electron chi connectivity index (χ1n) is 8.62. The predicted molar refractivity (Wildman–Crippen MR) is 94.5 cm³/mol. The number of hydrogen-bond donors (Lipinski definition) is 0. The molecule has 2 aromatic rings. The molecule has 1 atom stereocenters. The van der Waals surface area contributed by atoms with Gasteiger partial charge in [-0.15, -0.1) is 0 Å². The fourth-order valence-electron chi connectivity index (χ4n) is 3.31. The number of morpholine rings is 1. The molecular weight excluding hydrogens is 302 g/mol. The van der Waals surface area contributed by atoms with Crippen molar-refractivity contribution in [2.75, 3.05) is 33.4 Å². The van der Waals surface area contributed by atoms with Gasteiger partial charge in [-0.3, -0.25) is 4.90 Å². The molecule has 0 spiro atoms. The van der Waals surface area contributed by atoms with E-state index >= 15 is 0 Å². The smallest absolute Gasteiger partial charge is 0.0724 e. The number of aromatic nitrogens is 2. The largest absolute Gasteiger partial charge is 0.385 e. The zero-order valence-corrected chi connectivity index (χ0v) is 14.9. The molecule has 1 aliphatic rings. The highest BCUT2D eigenvalue weighted by atomic mass is 16.5. The molecule has 0 N–H and O–H groups in total. The molecule has 0 saturated carbocycles. The number of rotatable bonds is 6. The molecular formula is C19H27N3O2. The lowest BCUT2D eigenvalue weighted by Crippen LogP contribution is -2.42. The Morgan fingerprint density at radius 1 is 1.29 bits per heavy atom. The van der Waals surface area contributed by atoms with E-state index in [2.05, 4.69) is 47.3 Å². The molecule has 130 valence electrons. The van der Waals surface area contributed by atoms with Crippen molar-refractivity contribution in [2.24, 2.45) is 0 Å². The third-order valence-electron chi connectivity index (χ3n) is 4.49. The predicted octanol–water partition coefficient (Wildman–Crippen LogP) is 2.73. The number of ether oxygens (including phenoxy) is 2. The maximum absolute atomic E-state index is 5.85. The van der Waals surface area contributed by atoms with Crippen LogP contribution in [-0.4, -0.2) is 54.2 Å². The van der Waals surface area contributed by atoms with Crippen molar-refractivity contribution >= 4 is 0 Å². The van der Waals surface area contributed by atoms with E-state index in [-0.39, 0.29) is 6.10 Å². The van der Waals surface area contributed by atoms with Crippen LogP contribution in [0.15, 0.2) is 30.3 Å². The molecule has 1 saturated heterocycles. The van der Waals surface area contributed by atoms with Gasteiger partial charge in [0.1, 0.15) is 0 Å².